The molecule has 9 nitrogen and oxygen atoms in total. The van der Waals surface area contributed by atoms with E-state index in [-0.39, 0.29) is 24.7 Å². The molecule has 5 N–H and O–H groups in total. The van der Waals surface area contributed by atoms with Crippen LogP contribution in [-0.2, 0) is 9.53 Å². The van der Waals surface area contributed by atoms with E-state index in [4.69, 9.17) is 10.5 Å². The first kappa shape index (κ1) is 16.4. The normalized spacial score (nSPS) is 25.2. The number of rotatable bonds is 4. The summed E-state index contributed by atoms with van der Waals surface area (Å²) in [4.78, 5) is 27.4. The smallest absolute Gasteiger partial charge is 0.351 e. The fourth-order valence-electron chi connectivity index (χ4n) is 2.35. The number of nitrogens with two attached hydrogens (primary N) is 1. The van der Waals surface area contributed by atoms with Crippen molar-refractivity contribution in [1.82, 2.24) is 20.2 Å². The van der Waals surface area contributed by atoms with E-state index in [1.807, 2.05) is 0 Å². The highest BCUT2D eigenvalue weighted by molar-refractivity contribution is 8.06. The van der Waals surface area contributed by atoms with Crippen LogP contribution >= 0.6 is 11.8 Å². The zero-order chi connectivity index (χ0) is 17.1. The van der Waals surface area contributed by atoms with E-state index in [1.165, 1.54) is 28.6 Å². The van der Waals surface area contributed by atoms with Crippen molar-refractivity contribution in [3.63, 3.8) is 0 Å². The molecule has 1 saturated heterocycles. The second kappa shape index (κ2) is 6.96. The molecule has 3 atom stereocenters. The maximum atomic E-state index is 12.0. The Hall–Kier alpha value is -2.48. The highest BCUT2D eigenvalue weighted by Crippen LogP contribution is 2.27. The van der Waals surface area contributed by atoms with Crippen LogP contribution < -0.4 is 22.1 Å². The second-order valence-corrected chi connectivity index (χ2v) is 5.86. The maximum Gasteiger partial charge on any atom is 0.351 e. The van der Waals surface area contributed by atoms with E-state index in [1.54, 1.807) is 5.41 Å². The summed E-state index contributed by atoms with van der Waals surface area (Å²) >= 11 is 1.21. The number of carbonyl (C=O) groups excluding carboxylic acids is 1. The second-order valence-electron chi connectivity index (χ2n) is 5.19. The third kappa shape index (κ3) is 3.53. The molecule has 126 valence electrons. The molecule has 3 rings (SSSR count). The van der Waals surface area contributed by atoms with Gasteiger partial charge in [-0.2, -0.15) is 4.98 Å². The molecule has 1 fully saturated rings. The number of nitrogens with one attached hydrogen (secondary N) is 2. The van der Waals surface area contributed by atoms with Crippen LogP contribution in [0, 0.1) is 11.3 Å². The van der Waals surface area contributed by atoms with Crippen LogP contribution in [-0.4, -0.2) is 39.3 Å². The SMILES string of the molecule is Nc1ccn(C2C[C@H](O)C(CNC(=O)C3=CSC#CN3)O2)c(=O)n1. The molecule has 2 unspecified atom stereocenters. The lowest BCUT2D eigenvalue weighted by atomic mass is 10.2. The van der Waals surface area contributed by atoms with Gasteiger partial charge in [0, 0.05) is 30.6 Å². The van der Waals surface area contributed by atoms with Gasteiger partial charge in [0.15, 0.2) is 0 Å². The molecule has 1 amide bonds. The molecule has 24 heavy (non-hydrogen) atoms. The third-order valence-electron chi connectivity index (χ3n) is 3.56. The number of ether oxygens (including phenoxy) is 1. The Morgan fingerprint density at radius 1 is 1.67 bits per heavy atom. The van der Waals surface area contributed by atoms with Crippen molar-refractivity contribution in [2.45, 2.75) is 24.9 Å². The number of aliphatic hydroxyl groups is 1. The van der Waals surface area contributed by atoms with Crippen molar-refractivity contribution in [3.05, 3.63) is 33.9 Å². The van der Waals surface area contributed by atoms with Crippen LogP contribution in [0.5, 0.6) is 0 Å². The van der Waals surface area contributed by atoms with Gasteiger partial charge in [-0.1, -0.05) is 0 Å². The minimum Gasteiger partial charge on any atom is -0.390 e. The van der Waals surface area contributed by atoms with Gasteiger partial charge in [-0.05, 0) is 23.1 Å². The molecule has 2 aliphatic heterocycles. The Balaban J connectivity index is 1.59. The number of hydrogen-bond acceptors (Lipinski definition) is 8. The van der Waals surface area contributed by atoms with Gasteiger partial charge in [0.2, 0.25) is 0 Å². The number of anilines is 1. The van der Waals surface area contributed by atoms with Gasteiger partial charge in [0.25, 0.3) is 5.91 Å². The Kier molecular flexibility index (Phi) is 4.75. The lowest BCUT2D eigenvalue weighted by Gasteiger charge is -2.17. The van der Waals surface area contributed by atoms with Crippen molar-refractivity contribution < 1.29 is 14.6 Å². The largest absolute Gasteiger partial charge is 0.390 e. The third-order valence-corrected chi connectivity index (χ3v) is 4.13. The van der Waals surface area contributed by atoms with Crippen molar-refractivity contribution in [2.24, 2.45) is 0 Å². The van der Waals surface area contributed by atoms with Crippen LogP contribution in [0.15, 0.2) is 28.2 Å². The predicted molar refractivity (Wildman–Crippen MR) is 87.0 cm³/mol. The van der Waals surface area contributed by atoms with Crippen LogP contribution in [0.25, 0.3) is 0 Å². The Morgan fingerprint density at radius 3 is 3.21 bits per heavy atom. The number of aliphatic hydroxyl groups excluding tert-OH is 1. The highest BCUT2D eigenvalue weighted by Gasteiger charge is 2.35. The molecular weight excluding hydrogens is 334 g/mol. The van der Waals surface area contributed by atoms with Crippen molar-refractivity contribution in [1.29, 1.82) is 0 Å². The fraction of sp³-hybridized carbons (Fsp3) is 0.357. The van der Waals surface area contributed by atoms with Gasteiger partial charge >= 0.3 is 5.69 Å². The van der Waals surface area contributed by atoms with Gasteiger partial charge in [0.05, 0.1) is 6.10 Å². The van der Waals surface area contributed by atoms with Crippen molar-refractivity contribution >= 4 is 23.5 Å². The van der Waals surface area contributed by atoms with Crippen LogP contribution in [0.1, 0.15) is 12.6 Å². The Morgan fingerprint density at radius 2 is 2.50 bits per heavy atom. The fourth-order valence-corrected chi connectivity index (χ4v) is 2.81. The minimum absolute atomic E-state index is 0.102. The number of nitrogens with zero attached hydrogens (tertiary/aromatic N) is 2. The number of aromatic nitrogens is 2. The number of thioether (sulfide) groups is 1. The number of carbonyl (C=O) groups is 1. The number of amides is 1. The van der Waals surface area contributed by atoms with Crippen LogP contribution in [0.3, 0.4) is 0 Å². The molecule has 0 saturated carbocycles. The maximum absolute atomic E-state index is 12.0. The first-order valence-electron chi connectivity index (χ1n) is 7.13. The minimum atomic E-state index is -0.817. The monoisotopic (exact) mass is 349 g/mol. The summed E-state index contributed by atoms with van der Waals surface area (Å²) in [6.07, 6.45) is -0.422. The predicted octanol–water partition coefficient (Wildman–Crippen LogP) is -1.31. The summed E-state index contributed by atoms with van der Waals surface area (Å²) in [7, 11) is 0. The van der Waals surface area contributed by atoms with Crippen LogP contribution in [0.2, 0.25) is 0 Å². The lowest BCUT2D eigenvalue weighted by Crippen LogP contribution is -2.39. The van der Waals surface area contributed by atoms with Crippen molar-refractivity contribution in [2.75, 3.05) is 12.3 Å². The molecule has 1 aromatic heterocycles. The number of hydrogen-bond donors (Lipinski definition) is 4. The molecule has 0 radical (unpaired) electrons. The molecule has 1 aromatic rings. The first-order valence-corrected chi connectivity index (χ1v) is 8.01. The molecule has 0 aliphatic carbocycles. The zero-order valence-corrected chi connectivity index (χ0v) is 13.2. The topological polar surface area (TPSA) is 132 Å². The highest BCUT2D eigenvalue weighted by atomic mass is 32.2. The summed E-state index contributed by atoms with van der Waals surface area (Å²) in [5.41, 5.74) is 5.23. The molecule has 0 bridgehead atoms. The molecular formula is C14H15N5O4S. The standard InChI is InChI=1S/C14H15N5O4S/c15-11-1-3-19(14(22)18-11)12-5-9(20)10(23-12)6-17-13(21)8-7-24-4-2-16-8/h1,3,7,9-10,12,16,20H,5-6H2,(H,17,21)(H2,15,18,22)/t9-,10?,12?/m0/s1. The number of nitrogen functional groups attached to an aromatic ring is 1. The van der Waals surface area contributed by atoms with Gasteiger partial charge in [0.1, 0.15) is 23.8 Å². The average Bonchev–Trinajstić information content (AvgIpc) is 2.94. The molecule has 0 aromatic carbocycles. The van der Waals surface area contributed by atoms with Crippen molar-refractivity contribution in [3.8, 4) is 11.3 Å². The zero-order valence-electron chi connectivity index (χ0n) is 12.4. The van der Waals surface area contributed by atoms with E-state index < -0.39 is 24.1 Å². The van der Waals surface area contributed by atoms with E-state index in [2.05, 4.69) is 26.9 Å². The first-order chi connectivity index (χ1) is 11.5. The van der Waals surface area contributed by atoms with Crippen LogP contribution in [0.4, 0.5) is 5.82 Å². The summed E-state index contributed by atoms with van der Waals surface area (Å²) in [6.45, 7) is 0.102. The quantitative estimate of drug-likeness (QED) is 0.493. The van der Waals surface area contributed by atoms with E-state index >= 15 is 0 Å². The van der Waals surface area contributed by atoms with Gasteiger partial charge in [-0.25, -0.2) is 4.79 Å². The molecule has 3 heterocycles. The molecule has 0 spiro atoms. The summed E-state index contributed by atoms with van der Waals surface area (Å²) in [5, 5.41) is 19.7. The van der Waals surface area contributed by atoms with E-state index in [0.717, 1.165) is 0 Å². The summed E-state index contributed by atoms with van der Waals surface area (Å²) in [5.74, 6) is -0.227. The Labute approximate surface area is 141 Å². The molecule has 10 heteroatoms. The van der Waals surface area contributed by atoms with Gasteiger partial charge in [-0.15, -0.1) is 0 Å². The summed E-state index contributed by atoms with van der Waals surface area (Å²) in [6, 6.07) is 4.07. The lowest BCUT2D eigenvalue weighted by molar-refractivity contribution is -0.118. The van der Waals surface area contributed by atoms with Gasteiger partial charge in [-0.3, -0.25) is 9.36 Å². The summed E-state index contributed by atoms with van der Waals surface area (Å²) < 4.78 is 6.93. The average molecular weight is 349 g/mol. The Bertz CT molecular complexity index is 796. The van der Waals surface area contributed by atoms with E-state index in [0.29, 0.717) is 5.70 Å². The molecule has 2 aliphatic rings. The van der Waals surface area contributed by atoms with E-state index in [9.17, 15) is 14.7 Å². The van der Waals surface area contributed by atoms with Gasteiger partial charge < -0.3 is 26.2 Å².